The van der Waals surface area contributed by atoms with Gasteiger partial charge in [0.1, 0.15) is 5.69 Å². The summed E-state index contributed by atoms with van der Waals surface area (Å²) >= 11 is 0. The first-order chi connectivity index (χ1) is 11.7. The number of likely N-dealkylation sites (N-methyl/N-ethyl adjacent to an activating group) is 2. The number of imidazole rings is 1. The highest BCUT2D eigenvalue weighted by Gasteiger charge is 2.57. The standard InChI is InChI=1S/C19H32N4O2/c1-18-10-14(11-22(4)17(24)15-12-21(3)13-20-15)23(5)16(18)8-6-7-9-19(18,2)25/h12-14,16,25H,6-11H2,1-5H3/t14-,16-,18-,19+/m1/s1. The molecule has 0 bridgehead atoms. The Morgan fingerprint density at radius 2 is 2.12 bits per heavy atom. The van der Waals surface area contributed by atoms with Gasteiger partial charge >= 0.3 is 0 Å². The second kappa shape index (κ2) is 6.40. The number of aryl methyl sites for hydroxylation is 1. The van der Waals surface area contributed by atoms with Crippen molar-refractivity contribution < 1.29 is 9.90 Å². The van der Waals surface area contributed by atoms with Crippen LogP contribution in [0, 0.1) is 5.41 Å². The van der Waals surface area contributed by atoms with Crippen LogP contribution in [0.15, 0.2) is 12.5 Å². The molecule has 4 atom stereocenters. The van der Waals surface area contributed by atoms with E-state index in [0.29, 0.717) is 18.3 Å². The molecule has 1 aromatic heterocycles. The average molecular weight is 348 g/mol. The summed E-state index contributed by atoms with van der Waals surface area (Å²) in [6.45, 7) is 4.90. The van der Waals surface area contributed by atoms with Crippen LogP contribution in [0.4, 0.5) is 0 Å². The highest BCUT2D eigenvalue weighted by Crippen LogP contribution is 2.52. The zero-order valence-electron chi connectivity index (χ0n) is 16.2. The number of hydrogen-bond donors (Lipinski definition) is 1. The second-order valence-electron chi connectivity index (χ2n) is 8.59. The molecule has 140 valence electrons. The van der Waals surface area contributed by atoms with E-state index in [2.05, 4.69) is 23.9 Å². The van der Waals surface area contributed by atoms with E-state index in [-0.39, 0.29) is 17.4 Å². The maximum absolute atomic E-state index is 12.6. The lowest BCUT2D eigenvalue weighted by molar-refractivity contribution is -0.0754. The van der Waals surface area contributed by atoms with E-state index in [1.807, 2.05) is 21.0 Å². The molecule has 2 fully saturated rings. The first-order valence-corrected chi connectivity index (χ1v) is 9.33. The summed E-state index contributed by atoms with van der Waals surface area (Å²) < 4.78 is 1.79. The lowest BCUT2D eigenvalue weighted by Gasteiger charge is -2.43. The van der Waals surface area contributed by atoms with Gasteiger partial charge in [0.05, 0.1) is 11.9 Å². The van der Waals surface area contributed by atoms with Gasteiger partial charge in [0.2, 0.25) is 0 Å². The van der Waals surface area contributed by atoms with E-state index in [1.54, 1.807) is 22.0 Å². The lowest BCUT2D eigenvalue weighted by atomic mass is 9.67. The van der Waals surface area contributed by atoms with E-state index >= 15 is 0 Å². The number of carbonyl (C=O) groups is 1. The van der Waals surface area contributed by atoms with Gasteiger partial charge in [0.25, 0.3) is 5.91 Å². The number of fused-ring (bicyclic) bond motifs is 1. The molecule has 6 nitrogen and oxygen atoms in total. The van der Waals surface area contributed by atoms with Gasteiger partial charge in [-0.15, -0.1) is 0 Å². The minimum absolute atomic E-state index is 0.0435. The molecule has 2 heterocycles. The van der Waals surface area contributed by atoms with E-state index < -0.39 is 5.60 Å². The van der Waals surface area contributed by atoms with Gasteiger partial charge in [-0.1, -0.05) is 19.8 Å². The average Bonchev–Trinajstić information content (AvgIpc) is 3.04. The van der Waals surface area contributed by atoms with Gasteiger partial charge in [-0.25, -0.2) is 4.98 Å². The van der Waals surface area contributed by atoms with Crippen molar-refractivity contribution in [3.8, 4) is 0 Å². The molecule has 25 heavy (non-hydrogen) atoms. The molecule has 1 aromatic rings. The SMILES string of the molecule is CN(C[C@H]1C[C@]2(C)[C@@H](CCCC[C@]2(C)O)N1C)C(=O)c1cn(C)cn1. The Kier molecular flexibility index (Phi) is 4.71. The lowest BCUT2D eigenvalue weighted by Crippen LogP contribution is -2.50. The number of likely N-dealkylation sites (tertiary alicyclic amines) is 1. The van der Waals surface area contributed by atoms with Crippen molar-refractivity contribution in [2.45, 2.75) is 63.6 Å². The number of amides is 1. The Bertz CT molecular complexity index is 641. The third-order valence-corrected chi connectivity index (χ3v) is 6.84. The largest absolute Gasteiger partial charge is 0.390 e. The Labute approximate surface area is 150 Å². The maximum Gasteiger partial charge on any atom is 0.273 e. The maximum atomic E-state index is 12.6. The van der Waals surface area contributed by atoms with Crippen molar-refractivity contribution in [2.75, 3.05) is 20.6 Å². The Morgan fingerprint density at radius 1 is 1.40 bits per heavy atom. The molecule has 0 aromatic carbocycles. The zero-order chi connectivity index (χ0) is 18.4. The smallest absolute Gasteiger partial charge is 0.273 e. The molecule has 0 spiro atoms. The topological polar surface area (TPSA) is 61.6 Å². The molecule has 1 saturated heterocycles. The monoisotopic (exact) mass is 348 g/mol. The second-order valence-corrected chi connectivity index (χ2v) is 8.59. The molecular formula is C19H32N4O2. The molecule has 1 aliphatic heterocycles. The fraction of sp³-hybridized carbons (Fsp3) is 0.789. The van der Waals surface area contributed by atoms with E-state index in [9.17, 15) is 9.90 Å². The summed E-state index contributed by atoms with van der Waals surface area (Å²) in [6, 6.07) is 0.630. The predicted molar refractivity (Wildman–Crippen MR) is 97.3 cm³/mol. The van der Waals surface area contributed by atoms with Crippen molar-refractivity contribution >= 4 is 5.91 Å². The minimum atomic E-state index is -0.652. The quantitative estimate of drug-likeness (QED) is 0.906. The first-order valence-electron chi connectivity index (χ1n) is 9.33. The summed E-state index contributed by atoms with van der Waals surface area (Å²) in [5.74, 6) is -0.0435. The summed E-state index contributed by atoms with van der Waals surface area (Å²) in [5, 5.41) is 11.1. The molecule has 1 amide bonds. The van der Waals surface area contributed by atoms with Crippen LogP contribution in [0.5, 0.6) is 0 Å². The van der Waals surface area contributed by atoms with Gasteiger partial charge in [0, 0.05) is 44.3 Å². The van der Waals surface area contributed by atoms with Crippen LogP contribution in [0.2, 0.25) is 0 Å². The number of nitrogens with zero attached hydrogens (tertiary/aromatic N) is 4. The van der Waals surface area contributed by atoms with Crippen molar-refractivity contribution in [2.24, 2.45) is 12.5 Å². The molecule has 3 rings (SSSR count). The molecule has 2 aliphatic rings. The van der Waals surface area contributed by atoms with Gasteiger partial charge < -0.3 is 14.6 Å². The predicted octanol–water partition coefficient (Wildman–Crippen LogP) is 1.90. The van der Waals surface area contributed by atoms with Crippen molar-refractivity contribution in [1.82, 2.24) is 19.4 Å². The van der Waals surface area contributed by atoms with E-state index in [1.165, 1.54) is 0 Å². The van der Waals surface area contributed by atoms with Crippen LogP contribution >= 0.6 is 0 Å². The Hall–Kier alpha value is -1.40. The van der Waals surface area contributed by atoms with Crippen molar-refractivity contribution in [3.63, 3.8) is 0 Å². The summed E-state index contributed by atoms with van der Waals surface area (Å²) in [4.78, 5) is 21.0. The van der Waals surface area contributed by atoms with Gasteiger partial charge in [-0.2, -0.15) is 0 Å². The molecule has 0 unspecified atom stereocenters. The Balaban J connectivity index is 1.74. The number of rotatable bonds is 3. The van der Waals surface area contributed by atoms with Crippen molar-refractivity contribution in [3.05, 3.63) is 18.2 Å². The molecule has 0 radical (unpaired) electrons. The number of aromatic nitrogens is 2. The van der Waals surface area contributed by atoms with Crippen LogP contribution in [-0.2, 0) is 7.05 Å². The normalized spacial score (nSPS) is 36.1. The highest BCUT2D eigenvalue weighted by molar-refractivity contribution is 5.91. The van der Waals surface area contributed by atoms with E-state index in [4.69, 9.17) is 0 Å². The van der Waals surface area contributed by atoms with Crippen LogP contribution in [0.25, 0.3) is 0 Å². The Morgan fingerprint density at radius 3 is 2.76 bits per heavy atom. The number of aliphatic hydroxyl groups is 1. The molecule has 1 N–H and O–H groups in total. The highest BCUT2D eigenvalue weighted by atomic mass is 16.3. The molecule has 6 heteroatoms. The van der Waals surface area contributed by atoms with Gasteiger partial charge in [-0.3, -0.25) is 9.69 Å². The van der Waals surface area contributed by atoms with E-state index in [0.717, 1.165) is 32.1 Å². The van der Waals surface area contributed by atoms with Crippen LogP contribution in [-0.4, -0.2) is 68.7 Å². The summed E-state index contributed by atoms with van der Waals surface area (Å²) in [7, 11) is 5.87. The summed E-state index contributed by atoms with van der Waals surface area (Å²) in [6.07, 6.45) is 8.57. The van der Waals surface area contributed by atoms with Crippen molar-refractivity contribution in [1.29, 1.82) is 0 Å². The van der Waals surface area contributed by atoms with Gasteiger partial charge in [0.15, 0.2) is 0 Å². The molecule has 1 aliphatic carbocycles. The van der Waals surface area contributed by atoms with Crippen LogP contribution in [0.3, 0.4) is 0 Å². The third-order valence-electron chi connectivity index (χ3n) is 6.84. The van der Waals surface area contributed by atoms with Gasteiger partial charge in [-0.05, 0) is 33.2 Å². The fourth-order valence-electron chi connectivity index (χ4n) is 4.98. The minimum Gasteiger partial charge on any atom is -0.390 e. The fourth-order valence-corrected chi connectivity index (χ4v) is 4.98. The first kappa shape index (κ1) is 18.4. The molecular weight excluding hydrogens is 316 g/mol. The number of carbonyl (C=O) groups excluding carboxylic acids is 1. The zero-order valence-corrected chi connectivity index (χ0v) is 16.2. The molecule has 1 saturated carbocycles. The van der Waals surface area contributed by atoms with Crippen LogP contribution < -0.4 is 0 Å². The number of hydrogen-bond acceptors (Lipinski definition) is 4. The summed E-state index contributed by atoms with van der Waals surface area (Å²) in [5.41, 5.74) is -0.295. The van der Waals surface area contributed by atoms with Crippen LogP contribution in [0.1, 0.15) is 56.4 Å². The third kappa shape index (κ3) is 3.10.